The first-order valence-electron chi connectivity index (χ1n) is 7.92. The van der Waals surface area contributed by atoms with E-state index in [1.165, 1.54) is 5.56 Å². The summed E-state index contributed by atoms with van der Waals surface area (Å²) in [5.41, 5.74) is 4.30. The third kappa shape index (κ3) is 2.98. The topological polar surface area (TPSA) is 41.1 Å². The number of para-hydroxylation sites is 1. The number of benzene rings is 2. The van der Waals surface area contributed by atoms with E-state index in [1.54, 1.807) is 0 Å². The van der Waals surface area contributed by atoms with Crippen LogP contribution in [0.25, 0.3) is 0 Å². The Labute approximate surface area is 131 Å². The van der Waals surface area contributed by atoms with E-state index in [0.717, 1.165) is 29.8 Å². The summed E-state index contributed by atoms with van der Waals surface area (Å²) in [5, 5.41) is 6.50. The van der Waals surface area contributed by atoms with Crippen LogP contribution in [-0.4, -0.2) is 11.9 Å². The molecular formula is C19H22N2O. The van der Waals surface area contributed by atoms with Gasteiger partial charge in [0.15, 0.2) is 0 Å². The molecule has 114 valence electrons. The molecule has 3 rings (SSSR count). The number of aryl methyl sites for hydroxylation is 1. The van der Waals surface area contributed by atoms with Gasteiger partial charge in [0.05, 0.1) is 5.92 Å². The molecule has 0 spiro atoms. The molecule has 1 heterocycles. The number of amides is 1. The van der Waals surface area contributed by atoms with E-state index >= 15 is 0 Å². The van der Waals surface area contributed by atoms with Crippen LogP contribution in [0.2, 0.25) is 0 Å². The Morgan fingerprint density at radius 1 is 1.18 bits per heavy atom. The first-order chi connectivity index (χ1) is 10.7. The van der Waals surface area contributed by atoms with Crippen molar-refractivity contribution in [3.8, 4) is 0 Å². The quantitative estimate of drug-likeness (QED) is 0.891. The predicted molar refractivity (Wildman–Crippen MR) is 91.3 cm³/mol. The van der Waals surface area contributed by atoms with Crippen molar-refractivity contribution in [3.63, 3.8) is 0 Å². The smallest absolute Gasteiger partial charge is 0.232 e. The highest BCUT2D eigenvalue weighted by Crippen LogP contribution is 2.34. The van der Waals surface area contributed by atoms with Crippen molar-refractivity contribution in [2.75, 3.05) is 10.6 Å². The van der Waals surface area contributed by atoms with Gasteiger partial charge in [-0.2, -0.15) is 0 Å². The van der Waals surface area contributed by atoms with Crippen LogP contribution in [0, 0.1) is 0 Å². The molecule has 2 aromatic rings. The van der Waals surface area contributed by atoms with Crippen LogP contribution in [-0.2, 0) is 11.2 Å². The van der Waals surface area contributed by atoms with Gasteiger partial charge in [0, 0.05) is 17.4 Å². The van der Waals surface area contributed by atoms with E-state index in [1.807, 2.05) is 36.4 Å². The molecule has 0 saturated carbocycles. The fraction of sp³-hybridized carbons (Fsp3) is 0.316. The van der Waals surface area contributed by atoms with Crippen molar-refractivity contribution < 1.29 is 4.79 Å². The molecule has 2 unspecified atom stereocenters. The average molecular weight is 294 g/mol. The summed E-state index contributed by atoms with van der Waals surface area (Å²) >= 11 is 0. The Hall–Kier alpha value is -2.29. The first kappa shape index (κ1) is 14.6. The summed E-state index contributed by atoms with van der Waals surface area (Å²) in [6.45, 7) is 4.24. The van der Waals surface area contributed by atoms with Crippen molar-refractivity contribution in [2.45, 2.75) is 38.6 Å². The summed E-state index contributed by atoms with van der Waals surface area (Å²) in [4.78, 5) is 12.7. The Morgan fingerprint density at radius 2 is 1.91 bits per heavy atom. The number of nitrogens with one attached hydrogen (secondary N) is 2. The maximum Gasteiger partial charge on any atom is 0.232 e. The molecule has 22 heavy (non-hydrogen) atoms. The van der Waals surface area contributed by atoms with Crippen LogP contribution in [0.3, 0.4) is 0 Å². The molecule has 1 aliphatic rings. The first-order valence-corrected chi connectivity index (χ1v) is 7.92. The van der Waals surface area contributed by atoms with Gasteiger partial charge in [-0.3, -0.25) is 4.79 Å². The van der Waals surface area contributed by atoms with Crippen LogP contribution in [0.5, 0.6) is 0 Å². The van der Waals surface area contributed by atoms with Crippen LogP contribution >= 0.6 is 0 Å². The van der Waals surface area contributed by atoms with E-state index in [4.69, 9.17) is 0 Å². The molecule has 2 aromatic carbocycles. The Kier molecular flexibility index (Phi) is 4.14. The Balaban J connectivity index is 1.79. The molecule has 1 aliphatic heterocycles. The number of fused-ring (bicyclic) bond motifs is 1. The molecule has 0 aliphatic carbocycles. The van der Waals surface area contributed by atoms with Crippen LogP contribution in [0.1, 0.15) is 37.3 Å². The van der Waals surface area contributed by atoms with Gasteiger partial charge in [0.2, 0.25) is 5.91 Å². The minimum Gasteiger partial charge on any atom is -0.382 e. The van der Waals surface area contributed by atoms with E-state index < -0.39 is 0 Å². The second kappa shape index (κ2) is 6.22. The molecule has 3 nitrogen and oxygen atoms in total. The highest BCUT2D eigenvalue weighted by molar-refractivity contribution is 5.97. The van der Waals surface area contributed by atoms with Crippen LogP contribution < -0.4 is 10.6 Å². The standard InChI is InChI=1S/C19H22N2O/c1-3-14-8-10-15(11-9-14)21-19(22)17-12-13(2)20-18-7-5-4-6-16(17)18/h4-11,13,17,20H,3,12H2,1-2H3,(H,21,22). The largest absolute Gasteiger partial charge is 0.382 e. The Bertz CT molecular complexity index is 663. The van der Waals surface area contributed by atoms with Crippen molar-refractivity contribution in [2.24, 2.45) is 0 Å². The van der Waals surface area contributed by atoms with E-state index in [0.29, 0.717) is 6.04 Å². The predicted octanol–water partition coefficient (Wildman–Crippen LogP) is 4.18. The average Bonchev–Trinajstić information content (AvgIpc) is 2.54. The monoisotopic (exact) mass is 294 g/mol. The number of carbonyl (C=O) groups is 1. The number of carbonyl (C=O) groups excluding carboxylic acids is 1. The second-order valence-corrected chi connectivity index (χ2v) is 5.96. The molecule has 0 fully saturated rings. The number of hydrogen-bond donors (Lipinski definition) is 2. The molecule has 0 bridgehead atoms. The molecule has 0 saturated heterocycles. The maximum absolute atomic E-state index is 12.7. The van der Waals surface area contributed by atoms with Gasteiger partial charge < -0.3 is 10.6 Å². The lowest BCUT2D eigenvalue weighted by Crippen LogP contribution is -2.32. The molecule has 0 aromatic heterocycles. The summed E-state index contributed by atoms with van der Waals surface area (Å²) in [7, 11) is 0. The molecule has 2 atom stereocenters. The molecule has 0 radical (unpaired) electrons. The Morgan fingerprint density at radius 3 is 2.64 bits per heavy atom. The van der Waals surface area contributed by atoms with Crippen molar-refractivity contribution in [1.82, 2.24) is 0 Å². The van der Waals surface area contributed by atoms with Gasteiger partial charge in [-0.1, -0.05) is 37.3 Å². The van der Waals surface area contributed by atoms with E-state index in [-0.39, 0.29) is 11.8 Å². The van der Waals surface area contributed by atoms with Crippen molar-refractivity contribution >= 4 is 17.3 Å². The zero-order valence-electron chi connectivity index (χ0n) is 13.1. The molecule has 3 heteroatoms. The number of hydrogen-bond acceptors (Lipinski definition) is 2. The van der Waals surface area contributed by atoms with Gasteiger partial charge in [0.25, 0.3) is 0 Å². The SMILES string of the molecule is CCc1ccc(NC(=O)C2CC(C)Nc3ccccc32)cc1. The minimum absolute atomic E-state index is 0.0741. The molecular weight excluding hydrogens is 272 g/mol. The zero-order chi connectivity index (χ0) is 15.5. The maximum atomic E-state index is 12.7. The van der Waals surface area contributed by atoms with Gasteiger partial charge in [-0.05, 0) is 49.1 Å². The highest BCUT2D eigenvalue weighted by Gasteiger charge is 2.29. The summed E-state index contributed by atoms with van der Waals surface area (Å²) in [6, 6.07) is 16.5. The van der Waals surface area contributed by atoms with Gasteiger partial charge in [0.1, 0.15) is 0 Å². The molecule has 1 amide bonds. The van der Waals surface area contributed by atoms with Crippen molar-refractivity contribution in [3.05, 3.63) is 59.7 Å². The lowest BCUT2D eigenvalue weighted by Gasteiger charge is -2.30. The zero-order valence-corrected chi connectivity index (χ0v) is 13.1. The summed E-state index contributed by atoms with van der Waals surface area (Å²) in [6.07, 6.45) is 1.82. The second-order valence-electron chi connectivity index (χ2n) is 5.96. The summed E-state index contributed by atoms with van der Waals surface area (Å²) in [5.74, 6) is -0.0247. The third-order valence-corrected chi connectivity index (χ3v) is 4.27. The normalized spacial score (nSPS) is 19.9. The molecule has 2 N–H and O–H groups in total. The van der Waals surface area contributed by atoms with Gasteiger partial charge in [-0.25, -0.2) is 0 Å². The van der Waals surface area contributed by atoms with Crippen molar-refractivity contribution in [1.29, 1.82) is 0 Å². The van der Waals surface area contributed by atoms with Gasteiger partial charge in [-0.15, -0.1) is 0 Å². The third-order valence-electron chi connectivity index (χ3n) is 4.27. The van der Waals surface area contributed by atoms with Crippen LogP contribution in [0.15, 0.2) is 48.5 Å². The fourth-order valence-corrected chi connectivity index (χ4v) is 3.04. The van der Waals surface area contributed by atoms with E-state index in [2.05, 4.69) is 36.6 Å². The number of anilines is 2. The minimum atomic E-state index is -0.0988. The summed E-state index contributed by atoms with van der Waals surface area (Å²) < 4.78 is 0. The highest BCUT2D eigenvalue weighted by atomic mass is 16.1. The fourth-order valence-electron chi connectivity index (χ4n) is 3.04. The lowest BCUT2D eigenvalue weighted by molar-refractivity contribution is -0.117. The van der Waals surface area contributed by atoms with Crippen LogP contribution in [0.4, 0.5) is 11.4 Å². The van der Waals surface area contributed by atoms with E-state index in [9.17, 15) is 4.79 Å². The van der Waals surface area contributed by atoms with Gasteiger partial charge >= 0.3 is 0 Å². The number of rotatable bonds is 3. The lowest BCUT2D eigenvalue weighted by atomic mass is 9.87.